The van der Waals surface area contributed by atoms with Gasteiger partial charge in [0.1, 0.15) is 17.9 Å². The van der Waals surface area contributed by atoms with Gasteiger partial charge < -0.3 is 15.1 Å². The molecule has 0 radical (unpaired) electrons. The molecular formula is C19H23N3O4. The number of nitrogens with zero attached hydrogens (tertiary/aromatic N) is 1. The van der Waals surface area contributed by atoms with Crippen LogP contribution >= 0.6 is 0 Å². The summed E-state index contributed by atoms with van der Waals surface area (Å²) in [5, 5.41) is 6.34. The highest BCUT2D eigenvalue weighted by Crippen LogP contribution is 2.32. The summed E-state index contributed by atoms with van der Waals surface area (Å²) in [6.07, 6.45) is 1.58. The van der Waals surface area contributed by atoms with Crippen molar-refractivity contribution >= 4 is 28.8 Å². The third-order valence-electron chi connectivity index (χ3n) is 4.85. The van der Waals surface area contributed by atoms with Gasteiger partial charge >= 0.3 is 6.03 Å². The second kappa shape index (κ2) is 6.82. The van der Waals surface area contributed by atoms with Gasteiger partial charge in [0.05, 0.1) is 0 Å². The van der Waals surface area contributed by atoms with Crippen LogP contribution in [0.2, 0.25) is 0 Å². The lowest BCUT2D eigenvalue weighted by Crippen LogP contribution is -2.45. The minimum Gasteiger partial charge on any atom is -0.458 e. The monoisotopic (exact) mass is 357 g/mol. The maximum absolute atomic E-state index is 12.9. The number of furan rings is 1. The Morgan fingerprint density at radius 1 is 1.27 bits per heavy atom. The first-order chi connectivity index (χ1) is 12.4. The fraction of sp³-hybridized carbons (Fsp3) is 0.421. The molecule has 3 rings (SSSR count). The fourth-order valence-corrected chi connectivity index (χ4v) is 3.15. The van der Waals surface area contributed by atoms with Crippen molar-refractivity contribution in [2.75, 3.05) is 6.54 Å². The maximum Gasteiger partial charge on any atom is 0.325 e. The maximum atomic E-state index is 12.9. The third kappa shape index (κ3) is 3.05. The first-order valence-electron chi connectivity index (χ1n) is 8.81. The average Bonchev–Trinajstić information content (AvgIpc) is 3.16. The zero-order valence-corrected chi connectivity index (χ0v) is 15.2. The molecule has 1 aliphatic heterocycles. The summed E-state index contributed by atoms with van der Waals surface area (Å²) in [5.41, 5.74) is -0.693. The summed E-state index contributed by atoms with van der Waals surface area (Å²) in [4.78, 5) is 38.3. The van der Waals surface area contributed by atoms with E-state index in [9.17, 15) is 14.4 Å². The van der Waals surface area contributed by atoms with E-state index < -0.39 is 17.5 Å². The molecule has 1 aromatic carbocycles. The van der Waals surface area contributed by atoms with Gasteiger partial charge in [0.2, 0.25) is 5.91 Å². The van der Waals surface area contributed by atoms with E-state index in [1.807, 2.05) is 32.0 Å². The highest BCUT2D eigenvalue weighted by molar-refractivity contribution is 6.09. The summed E-state index contributed by atoms with van der Waals surface area (Å²) in [5.74, 6) is -0.503. The number of fused-ring (bicyclic) bond motifs is 1. The van der Waals surface area contributed by atoms with E-state index >= 15 is 0 Å². The van der Waals surface area contributed by atoms with Gasteiger partial charge in [0, 0.05) is 11.4 Å². The van der Waals surface area contributed by atoms with E-state index in [0.717, 1.165) is 23.1 Å². The van der Waals surface area contributed by atoms with Gasteiger partial charge in [-0.25, -0.2) is 4.79 Å². The Morgan fingerprint density at radius 2 is 1.96 bits per heavy atom. The number of imide groups is 1. The topological polar surface area (TPSA) is 91.7 Å². The number of hydrogen-bond donors (Lipinski definition) is 2. The zero-order chi connectivity index (χ0) is 18.9. The highest BCUT2D eigenvalue weighted by atomic mass is 16.3. The summed E-state index contributed by atoms with van der Waals surface area (Å²) >= 11 is 0. The molecule has 0 bridgehead atoms. The lowest BCUT2D eigenvalue weighted by atomic mass is 9.99. The van der Waals surface area contributed by atoms with Gasteiger partial charge in [-0.05, 0) is 31.9 Å². The van der Waals surface area contributed by atoms with Crippen molar-refractivity contribution in [1.82, 2.24) is 15.5 Å². The fourth-order valence-electron chi connectivity index (χ4n) is 3.15. The Bertz CT molecular complexity index is 822. The minimum absolute atomic E-state index is 0.0324. The second-order valence-electron chi connectivity index (χ2n) is 6.68. The SMILES string of the molecule is CCC(CC)NC(=O)CN1C(=O)N[C@](C)(c2cc3ccccc3o2)C1=O. The predicted octanol–water partition coefficient (Wildman–Crippen LogP) is 2.50. The molecule has 1 atom stereocenters. The van der Waals surface area contributed by atoms with Crippen LogP contribution in [0.25, 0.3) is 11.0 Å². The molecule has 2 N–H and O–H groups in total. The Labute approximate surface area is 151 Å². The number of carbonyl (C=O) groups is 3. The average molecular weight is 357 g/mol. The molecule has 1 aromatic heterocycles. The molecule has 7 nitrogen and oxygen atoms in total. The van der Waals surface area contributed by atoms with Crippen LogP contribution in [0.5, 0.6) is 0 Å². The standard InChI is InChI=1S/C19H23N3O4/c1-4-13(5-2)20-16(23)11-22-17(24)19(3,21-18(22)25)15-10-12-8-6-7-9-14(12)26-15/h6-10,13H,4-5,11H2,1-3H3,(H,20,23)(H,21,25)/t19-/m1/s1. The third-order valence-corrected chi connectivity index (χ3v) is 4.85. The van der Waals surface area contributed by atoms with Gasteiger partial charge in [0.25, 0.3) is 5.91 Å². The van der Waals surface area contributed by atoms with Crippen LogP contribution in [-0.4, -0.2) is 35.3 Å². The Kier molecular flexibility index (Phi) is 4.71. The van der Waals surface area contributed by atoms with Crippen molar-refractivity contribution in [2.24, 2.45) is 0 Å². The van der Waals surface area contributed by atoms with E-state index in [-0.39, 0.29) is 18.5 Å². The number of rotatable bonds is 6. The quantitative estimate of drug-likeness (QED) is 0.777. The second-order valence-corrected chi connectivity index (χ2v) is 6.68. The Balaban J connectivity index is 1.80. The van der Waals surface area contributed by atoms with Crippen molar-refractivity contribution in [3.8, 4) is 0 Å². The van der Waals surface area contributed by atoms with Crippen molar-refractivity contribution in [3.63, 3.8) is 0 Å². The molecule has 4 amide bonds. The molecule has 2 heterocycles. The summed E-state index contributed by atoms with van der Waals surface area (Å²) in [6, 6.07) is 8.54. The number of benzene rings is 1. The van der Waals surface area contributed by atoms with Gasteiger partial charge in [0.15, 0.2) is 5.54 Å². The van der Waals surface area contributed by atoms with Gasteiger partial charge in [-0.15, -0.1) is 0 Å². The Morgan fingerprint density at radius 3 is 2.62 bits per heavy atom. The zero-order valence-electron chi connectivity index (χ0n) is 15.2. The normalized spacial score (nSPS) is 20.1. The van der Waals surface area contributed by atoms with Crippen LogP contribution in [-0.2, 0) is 15.1 Å². The van der Waals surface area contributed by atoms with Crippen LogP contribution in [0.3, 0.4) is 0 Å². The lowest BCUT2D eigenvalue weighted by Gasteiger charge is -2.20. The predicted molar refractivity (Wildman–Crippen MR) is 96.3 cm³/mol. The Hall–Kier alpha value is -2.83. The molecule has 1 saturated heterocycles. The molecule has 0 saturated carbocycles. The van der Waals surface area contributed by atoms with Crippen LogP contribution in [0, 0.1) is 0 Å². The smallest absolute Gasteiger partial charge is 0.325 e. The summed E-state index contributed by atoms with van der Waals surface area (Å²) in [7, 11) is 0. The minimum atomic E-state index is -1.33. The van der Waals surface area contributed by atoms with Crippen LogP contribution in [0.15, 0.2) is 34.7 Å². The molecule has 138 valence electrons. The van der Waals surface area contributed by atoms with Crippen LogP contribution in [0.4, 0.5) is 4.79 Å². The largest absolute Gasteiger partial charge is 0.458 e. The van der Waals surface area contributed by atoms with Gasteiger partial charge in [-0.3, -0.25) is 14.5 Å². The number of amides is 4. The molecule has 0 unspecified atom stereocenters. The number of carbonyl (C=O) groups excluding carboxylic acids is 3. The molecule has 1 aliphatic rings. The number of nitrogens with one attached hydrogen (secondary N) is 2. The highest BCUT2D eigenvalue weighted by Gasteiger charge is 2.51. The molecule has 26 heavy (non-hydrogen) atoms. The van der Waals surface area contributed by atoms with Crippen molar-refractivity contribution in [3.05, 3.63) is 36.1 Å². The summed E-state index contributed by atoms with van der Waals surface area (Å²) in [6.45, 7) is 5.22. The molecule has 7 heteroatoms. The van der Waals surface area contributed by atoms with Crippen molar-refractivity contribution < 1.29 is 18.8 Å². The molecular weight excluding hydrogens is 334 g/mol. The van der Waals surface area contributed by atoms with E-state index in [0.29, 0.717) is 11.3 Å². The van der Waals surface area contributed by atoms with Gasteiger partial charge in [-0.1, -0.05) is 32.0 Å². The van der Waals surface area contributed by atoms with E-state index in [1.54, 1.807) is 19.1 Å². The summed E-state index contributed by atoms with van der Waals surface area (Å²) < 4.78 is 5.76. The first kappa shape index (κ1) is 18.0. The molecule has 1 fully saturated rings. The number of para-hydroxylation sites is 1. The number of hydrogen-bond acceptors (Lipinski definition) is 4. The molecule has 2 aromatic rings. The van der Waals surface area contributed by atoms with E-state index in [1.165, 1.54) is 0 Å². The van der Waals surface area contributed by atoms with Crippen LogP contribution < -0.4 is 10.6 Å². The van der Waals surface area contributed by atoms with Crippen LogP contribution in [0.1, 0.15) is 39.4 Å². The van der Waals surface area contributed by atoms with E-state index in [4.69, 9.17) is 4.42 Å². The van der Waals surface area contributed by atoms with Crippen molar-refractivity contribution in [1.29, 1.82) is 0 Å². The van der Waals surface area contributed by atoms with E-state index in [2.05, 4.69) is 10.6 Å². The first-order valence-corrected chi connectivity index (χ1v) is 8.81. The van der Waals surface area contributed by atoms with Crippen molar-refractivity contribution in [2.45, 2.75) is 45.2 Å². The lowest BCUT2D eigenvalue weighted by molar-refractivity contribution is -0.135. The number of urea groups is 1. The molecule has 0 aliphatic carbocycles. The molecule has 0 spiro atoms. The van der Waals surface area contributed by atoms with Gasteiger partial charge in [-0.2, -0.15) is 0 Å².